The number of para-hydroxylation sites is 1. The third kappa shape index (κ3) is 4.36. The number of rotatable bonds is 6. The Morgan fingerprint density at radius 1 is 1.07 bits per heavy atom. The number of anilines is 1. The van der Waals surface area contributed by atoms with Crippen LogP contribution >= 0.6 is 0 Å². The molecule has 1 aromatic heterocycles. The molecule has 0 spiro atoms. The van der Waals surface area contributed by atoms with Crippen molar-refractivity contribution in [3.05, 3.63) is 66.2 Å². The van der Waals surface area contributed by atoms with Gasteiger partial charge in [-0.2, -0.15) is 4.68 Å². The number of benzene rings is 2. The minimum atomic E-state index is 0.0671. The van der Waals surface area contributed by atoms with Crippen molar-refractivity contribution in [1.82, 2.24) is 25.5 Å². The fourth-order valence-corrected chi connectivity index (χ4v) is 3.63. The van der Waals surface area contributed by atoms with Gasteiger partial charge in [0.1, 0.15) is 0 Å². The first kappa shape index (κ1) is 18.2. The molecular weight excluding hydrogens is 352 g/mol. The summed E-state index contributed by atoms with van der Waals surface area (Å²) in [7, 11) is 0. The first-order valence-corrected chi connectivity index (χ1v) is 9.69. The van der Waals surface area contributed by atoms with Crippen LogP contribution in [0, 0.1) is 5.92 Å². The summed E-state index contributed by atoms with van der Waals surface area (Å²) in [5.74, 6) is 1.21. The maximum atomic E-state index is 12.2. The van der Waals surface area contributed by atoms with Crippen molar-refractivity contribution in [3.8, 4) is 5.69 Å². The van der Waals surface area contributed by atoms with E-state index in [1.165, 1.54) is 0 Å². The van der Waals surface area contributed by atoms with Crippen LogP contribution in [0.25, 0.3) is 5.69 Å². The summed E-state index contributed by atoms with van der Waals surface area (Å²) in [6, 6.07) is 19.7. The van der Waals surface area contributed by atoms with Gasteiger partial charge >= 0.3 is 0 Å². The molecule has 0 unspecified atom stereocenters. The van der Waals surface area contributed by atoms with E-state index in [2.05, 4.69) is 25.7 Å². The Morgan fingerprint density at radius 3 is 2.61 bits per heavy atom. The van der Waals surface area contributed by atoms with Gasteiger partial charge in [-0.3, -0.25) is 4.79 Å². The zero-order chi connectivity index (χ0) is 19.2. The first-order chi connectivity index (χ1) is 13.8. The van der Waals surface area contributed by atoms with Crippen LogP contribution in [0.2, 0.25) is 0 Å². The summed E-state index contributed by atoms with van der Waals surface area (Å²) in [6.07, 6.45) is 2.57. The quantitative estimate of drug-likeness (QED) is 0.714. The molecule has 2 heterocycles. The summed E-state index contributed by atoms with van der Waals surface area (Å²) in [5, 5.41) is 15.4. The highest BCUT2D eigenvalue weighted by Crippen LogP contribution is 2.22. The SMILES string of the molecule is O=C(Cc1ccccc1)NC[C@H]1CCCN(c2nnnn2-c2ccccc2)C1. The lowest BCUT2D eigenvalue weighted by Crippen LogP contribution is -2.42. The average Bonchev–Trinajstić information content (AvgIpc) is 3.24. The molecule has 28 heavy (non-hydrogen) atoms. The van der Waals surface area contributed by atoms with Crippen LogP contribution in [0.15, 0.2) is 60.7 Å². The van der Waals surface area contributed by atoms with Crippen molar-refractivity contribution in [3.63, 3.8) is 0 Å². The topological polar surface area (TPSA) is 75.9 Å². The Morgan fingerprint density at radius 2 is 1.82 bits per heavy atom. The number of nitrogens with one attached hydrogen (secondary N) is 1. The van der Waals surface area contributed by atoms with E-state index < -0.39 is 0 Å². The Bertz CT molecular complexity index is 896. The van der Waals surface area contributed by atoms with Crippen molar-refractivity contribution in [2.24, 2.45) is 5.92 Å². The molecule has 144 valence electrons. The van der Waals surface area contributed by atoms with E-state index in [1.54, 1.807) is 4.68 Å². The van der Waals surface area contributed by atoms with Gasteiger partial charge in [-0.1, -0.05) is 53.6 Å². The zero-order valence-electron chi connectivity index (χ0n) is 15.7. The molecule has 1 atom stereocenters. The number of amides is 1. The zero-order valence-corrected chi connectivity index (χ0v) is 15.7. The maximum absolute atomic E-state index is 12.2. The van der Waals surface area contributed by atoms with Gasteiger partial charge in [-0.05, 0) is 46.9 Å². The number of nitrogens with zero attached hydrogens (tertiary/aromatic N) is 5. The Hall–Kier alpha value is -3.22. The minimum absolute atomic E-state index is 0.0671. The number of aromatic nitrogens is 4. The van der Waals surface area contributed by atoms with E-state index in [1.807, 2.05) is 60.7 Å². The van der Waals surface area contributed by atoms with Gasteiger partial charge in [0, 0.05) is 19.6 Å². The molecule has 7 heteroatoms. The molecule has 1 saturated heterocycles. The summed E-state index contributed by atoms with van der Waals surface area (Å²) >= 11 is 0. The second-order valence-electron chi connectivity index (χ2n) is 7.15. The van der Waals surface area contributed by atoms with Crippen molar-refractivity contribution >= 4 is 11.9 Å². The molecule has 0 bridgehead atoms. The second-order valence-corrected chi connectivity index (χ2v) is 7.15. The lowest BCUT2D eigenvalue weighted by atomic mass is 9.98. The van der Waals surface area contributed by atoms with Crippen LogP contribution in [0.1, 0.15) is 18.4 Å². The minimum Gasteiger partial charge on any atom is -0.355 e. The van der Waals surface area contributed by atoms with Crippen molar-refractivity contribution in [1.29, 1.82) is 0 Å². The molecule has 1 amide bonds. The van der Waals surface area contributed by atoms with Gasteiger partial charge in [0.25, 0.3) is 0 Å². The Balaban J connectivity index is 1.35. The fourth-order valence-electron chi connectivity index (χ4n) is 3.63. The number of carbonyl (C=O) groups is 1. The molecule has 1 aliphatic rings. The van der Waals surface area contributed by atoms with E-state index in [0.717, 1.165) is 43.1 Å². The highest BCUT2D eigenvalue weighted by Gasteiger charge is 2.24. The van der Waals surface area contributed by atoms with E-state index in [-0.39, 0.29) is 5.91 Å². The fraction of sp³-hybridized carbons (Fsp3) is 0.333. The number of carbonyl (C=O) groups excluding carboxylic acids is 1. The highest BCUT2D eigenvalue weighted by molar-refractivity contribution is 5.78. The van der Waals surface area contributed by atoms with Crippen LogP contribution in [0.5, 0.6) is 0 Å². The largest absolute Gasteiger partial charge is 0.355 e. The average molecular weight is 376 g/mol. The van der Waals surface area contributed by atoms with Gasteiger partial charge in [0.15, 0.2) is 0 Å². The van der Waals surface area contributed by atoms with Crippen molar-refractivity contribution in [2.75, 3.05) is 24.5 Å². The van der Waals surface area contributed by atoms with E-state index >= 15 is 0 Å². The van der Waals surface area contributed by atoms with Gasteiger partial charge < -0.3 is 10.2 Å². The van der Waals surface area contributed by atoms with E-state index in [9.17, 15) is 4.79 Å². The van der Waals surface area contributed by atoms with Crippen molar-refractivity contribution in [2.45, 2.75) is 19.3 Å². The van der Waals surface area contributed by atoms with Crippen LogP contribution in [-0.4, -0.2) is 45.7 Å². The number of hydrogen-bond acceptors (Lipinski definition) is 5. The standard InChI is InChI=1S/C21H24N6O/c28-20(14-17-8-3-1-4-9-17)22-15-18-10-7-13-26(16-18)21-23-24-25-27(21)19-11-5-2-6-12-19/h1-6,8-9,11-12,18H,7,10,13-16H2,(H,22,28)/t18-/m1/s1. The molecule has 1 fully saturated rings. The summed E-state index contributed by atoms with van der Waals surface area (Å²) < 4.78 is 1.77. The van der Waals surface area contributed by atoms with Crippen LogP contribution in [0.4, 0.5) is 5.95 Å². The van der Waals surface area contributed by atoms with E-state index in [4.69, 9.17) is 0 Å². The number of hydrogen-bond donors (Lipinski definition) is 1. The summed E-state index contributed by atoms with van der Waals surface area (Å²) in [6.45, 7) is 2.43. The number of tetrazole rings is 1. The number of piperidine rings is 1. The highest BCUT2D eigenvalue weighted by atomic mass is 16.1. The Labute approximate surface area is 164 Å². The van der Waals surface area contributed by atoms with Gasteiger partial charge in [-0.15, -0.1) is 0 Å². The Kier molecular flexibility index (Phi) is 5.61. The van der Waals surface area contributed by atoms with Gasteiger partial charge in [-0.25, -0.2) is 0 Å². The summed E-state index contributed by atoms with van der Waals surface area (Å²) in [5.41, 5.74) is 1.98. The summed E-state index contributed by atoms with van der Waals surface area (Å²) in [4.78, 5) is 14.5. The predicted octanol–water partition coefficient (Wildman–Crippen LogP) is 2.24. The van der Waals surface area contributed by atoms with Crippen LogP contribution in [0.3, 0.4) is 0 Å². The van der Waals surface area contributed by atoms with Gasteiger partial charge in [0.2, 0.25) is 11.9 Å². The normalized spacial score (nSPS) is 16.7. The van der Waals surface area contributed by atoms with Crippen molar-refractivity contribution < 1.29 is 4.79 Å². The second kappa shape index (κ2) is 8.65. The molecule has 7 nitrogen and oxygen atoms in total. The molecule has 1 N–H and O–H groups in total. The molecule has 2 aromatic carbocycles. The van der Waals surface area contributed by atoms with Gasteiger partial charge in [0.05, 0.1) is 12.1 Å². The molecule has 0 saturated carbocycles. The predicted molar refractivity (Wildman–Crippen MR) is 107 cm³/mol. The smallest absolute Gasteiger partial charge is 0.250 e. The van der Waals surface area contributed by atoms with E-state index in [0.29, 0.717) is 18.9 Å². The third-order valence-corrected chi connectivity index (χ3v) is 5.05. The first-order valence-electron chi connectivity index (χ1n) is 9.69. The molecule has 0 radical (unpaired) electrons. The third-order valence-electron chi connectivity index (χ3n) is 5.05. The molecular formula is C21H24N6O. The molecule has 3 aromatic rings. The molecule has 0 aliphatic carbocycles. The van der Waals surface area contributed by atoms with Crippen LogP contribution in [-0.2, 0) is 11.2 Å². The lowest BCUT2D eigenvalue weighted by molar-refractivity contribution is -0.120. The monoisotopic (exact) mass is 376 g/mol. The molecule has 4 rings (SSSR count). The van der Waals surface area contributed by atoms with Crippen LogP contribution < -0.4 is 10.2 Å². The maximum Gasteiger partial charge on any atom is 0.250 e. The molecule has 1 aliphatic heterocycles. The lowest BCUT2D eigenvalue weighted by Gasteiger charge is -2.33.